The summed E-state index contributed by atoms with van der Waals surface area (Å²) in [5, 5.41) is 10.6. The van der Waals surface area contributed by atoms with Gasteiger partial charge in [-0.3, -0.25) is 0 Å². The third kappa shape index (κ3) is 3.83. The molecule has 0 saturated carbocycles. The quantitative estimate of drug-likeness (QED) is 0.841. The molecule has 1 aromatic heterocycles. The van der Waals surface area contributed by atoms with Crippen molar-refractivity contribution in [3.8, 4) is 5.75 Å². The lowest BCUT2D eigenvalue weighted by Gasteiger charge is -2.14. The Morgan fingerprint density at radius 1 is 1.26 bits per heavy atom. The van der Waals surface area contributed by atoms with Crippen LogP contribution < -0.4 is 10.4 Å². The standard InChI is InChI=1S/C15H18O4/c1-10(2)7-12(16)9-18-13-5-3-11-4-6-15(17)19-14(11)8-13/h3-6,8,10,12,16H,7,9H2,1-2H3. The summed E-state index contributed by atoms with van der Waals surface area (Å²) >= 11 is 0. The second-order valence-corrected chi connectivity index (χ2v) is 5.05. The molecule has 0 aliphatic carbocycles. The first kappa shape index (κ1) is 13.6. The molecule has 0 fully saturated rings. The van der Waals surface area contributed by atoms with Gasteiger partial charge in [0.1, 0.15) is 17.9 Å². The normalized spacial score (nSPS) is 12.8. The van der Waals surface area contributed by atoms with Crippen molar-refractivity contribution >= 4 is 11.0 Å². The van der Waals surface area contributed by atoms with E-state index in [0.717, 1.165) is 5.39 Å². The molecule has 4 nitrogen and oxygen atoms in total. The number of hydrogen-bond acceptors (Lipinski definition) is 4. The molecule has 0 saturated heterocycles. The SMILES string of the molecule is CC(C)CC(O)COc1ccc2ccc(=O)oc2c1. The summed E-state index contributed by atoms with van der Waals surface area (Å²) in [4.78, 5) is 11.1. The lowest BCUT2D eigenvalue weighted by Crippen LogP contribution is -2.19. The van der Waals surface area contributed by atoms with Crippen LogP contribution in [0, 0.1) is 5.92 Å². The number of fused-ring (bicyclic) bond motifs is 1. The second-order valence-electron chi connectivity index (χ2n) is 5.05. The Bertz CT molecular complexity index is 600. The van der Waals surface area contributed by atoms with Gasteiger partial charge in [-0.1, -0.05) is 13.8 Å². The van der Waals surface area contributed by atoms with E-state index in [2.05, 4.69) is 0 Å². The number of benzene rings is 1. The average Bonchev–Trinajstić information content (AvgIpc) is 2.35. The molecule has 0 bridgehead atoms. The van der Waals surface area contributed by atoms with Crippen LogP contribution in [0.1, 0.15) is 20.3 Å². The third-order valence-electron chi connectivity index (χ3n) is 2.78. The van der Waals surface area contributed by atoms with E-state index in [9.17, 15) is 9.90 Å². The second kappa shape index (κ2) is 5.89. The largest absolute Gasteiger partial charge is 0.491 e. The van der Waals surface area contributed by atoms with Crippen molar-refractivity contribution in [3.63, 3.8) is 0 Å². The molecule has 1 unspecified atom stereocenters. The Labute approximate surface area is 111 Å². The van der Waals surface area contributed by atoms with Crippen molar-refractivity contribution in [1.82, 2.24) is 0 Å². The van der Waals surface area contributed by atoms with Gasteiger partial charge in [-0.05, 0) is 30.5 Å². The van der Waals surface area contributed by atoms with E-state index in [1.165, 1.54) is 6.07 Å². The molecule has 0 spiro atoms. The maximum Gasteiger partial charge on any atom is 0.336 e. The van der Waals surface area contributed by atoms with Crippen LogP contribution in [0.4, 0.5) is 0 Å². The fraction of sp³-hybridized carbons (Fsp3) is 0.400. The van der Waals surface area contributed by atoms with E-state index in [1.807, 2.05) is 19.9 Å². The molecule has 2 aromatic rings. The molecule has 0 radical (unpaired) electrons. The van der Waals surface area contributed by atoms with Crippen LogP contribution in [0.5, 0.6) is 5.75 Å². The van der Waals surface area contributed by atoms with Crippen LogP contribution in [-0.2, 0) is 0 Å². The predicted octanol–water partition coefficient (Wildman–Crippen LogP) is 2.58. The lowest BCUT2D eigenvalue weighted by molar-refractivity contribution is 0.0893. The van der Waals surface area contributed by atoms with Gasteiger partial charge >= 0.3 is 5.63 Å². The third-order valence-corrected chi connectivity index (χ3v) is 2.78. The van der Waals surface area contributed by atoms with Gasteiger partial charge in [0.15, 0.2) is 0 Å². The minimum Gasteiger partial charge on any atom is -0.491 e. The highest BCUT2D eigenvalue weighted by Gasteiger charge is 2.08. The number of ether oxygens (including phenoxy) is 1. The predicted molar refractivity (Wildman–Crippen MR) is 73.4 cm³/mol. The smallest absolute Gasteiger partial charge is 0.336 e. The first-order valence-corrected chi connectivity index (χ1v) is 6.39. The highest BCUT2D eigenvalue weighted by molar-refractivity contribution is 5.77. The summed E-state index contributed by atoms with van der Waals surface area (Å²) < 4.78 is 10.6. The molecule has 1 aromatic carbocycles. The van der Waals surface area contributed by atoms with Crippen molar-refractivity contribution in [1.29, 1.82) is 0 Å². The number of rotatable bonds is 5. The summed E-state index contributed by atoms with van der Waals surface area (Å²) in [6.45, 7) is 4.34. The first-order valence-electron chi connectivity index (χ1n) is 6.39. The highest BCUT2D eigenvalue weighted by Crippen LogP contribution is 2.19. The van der Waals surface area contributed by atoms with Crippen LogP contribution in [0.3, 0.4) is 0 Å². The molecule has 1 N–H and O–H groups in total. The minimum atomic E-state index is -0.488. The maximum atomic E-state index is 11.1. The summed E-state index contributed by atoms with van der Waals surface area (Å²) in [5.74, 6) is 1.01. The molecular formula is C15H18O4. The van der Waals surface area contributed by atoms with Crippen molar-refractivity contribution < 1.29 is 14.3 Å². The molecule has 1 atom stereocenters. The number of hydrogen-bond donors (Lipinski definition) is 1. The molecule has 102 valence electrons. The van der Waals surface area contributed by atoms with Crippen molar-refractivity contribution in [2.75, 3.05) is 6.61 Å². The van der Waals surface area contributed by atoms with E-state index < -0.39 is 6.10 Å². The molecule has 0 amide bonds. The summed E-state index contributed by atoms with van der Waals surface area (Å²) in [5.41, 5.74) is 0.104. The summed E-state index contributed by atoms with van der Waals surface area (Å²) in [7, 11) is 0. The Morgan fingerprint density at radius 3 is 2.74 bits per heavy atom. The molecule has 0 aliphatic rings. The van der Waals surface area contributed by atoms with Crippen molar-refractivity contribution in [3.05, 3.63) is 40.8 Å². The van der Waals surface area contributed by atoms with Gasteiger partial charge in [-0.15, -0.1) is 0 Å². The molecule has 2 rings (SSSR count). The van der Waals surface area contributed by atoms with Crippen LogP contribution >= 0.6 is 0 Å². The fourth-order valence-corrected chi connectivity index (χ4v) is 1.94. The molecule has 0 aliphatic heterocycles. The summed E-state index contributed by atoms with van der Waals surface area (Å²) in [6.07, 6.45) is 0.210. The van der Waals surface area contributed by atoms with Gasteiger partial charge in [0, 0.05) is 17.5 Å². The van der Waals surface area contributed by atoms with Gasteiger partial charge in [-0.25, -0.2) is 4.79 Å². The maximum absolute atomic E-state index is 11.1. The van der Waals surface area contributed by atoms with Gasteiger partial charge in [-0.2, -0.15) is 0 Å². The zero-order valence-electron chi connectivity index (χ0n) is 11.1. The average molecular weight is 262 g/mol. The Balaban J connectivity index is 2.07. The molecule has 19 heavy (non-hydrogen) atoms. The van der Waals surface area contributed by atoms with Gasteiger partial charge in [0.2, 0.25) is 0 Å². The van der Waals surface area contributed by atoms with E-state index in [-0.39, 0.29) is 12.2 Å². The lowest BCUT2D eigenvalue weighted by atomic mass is 10.1. The Kier molecular flexibility index (Phi) is 4.22. The zero-order valence-corrected chi connectivity index (χ0v) is 11.1. The topological polar surface area (TPSA) is 59.7 Å². The van der Waals surface area contributed by atoms with Crippen molar-refractivity contribution in [2.45, 2.75) is 26.4 Å². The Hall–Kier alpha value is -1.81. The van der Waals surface area contributed by atoms with Crippen LogP contribution in [0.25, 0.3) is 11.0 Å². The zero-order chi connectivity index (χ0) is 13.8. The van der Waals surface area contributed by atoms with E-state index in [0.29, 0.717) is 23.7 Å². The van der Waals surface area contributed by atoms with Crippen LogP contribution in [0.15, 0.2) is 39.5 Å². The first-order chi connectivity index (χ1) is 9.04. The number of aliphatic hydroxyl groups excluding tert-OH is 1. The Morgan fingerprint density at radius 2 is 2.00 bits per heavy atom. The molecular weight excluding hydrogens is 244 g/mol. The number of aliphatic hydroxyl groups is 1. The van der Waals surface area contributed by atoms with Gasteiger partial charge < -0.3 is 14.3 Å². The van der Waals surface area contributed by atoms with E-state index in [4.69, 9.17) is 9.15 Å². The fourth-order valence-electron chi connectivity index (χ4n) is 1.94. The van der Waals surface area contributed by atoms with Gasteiger partial charge in [0.25, 0.3) is 0 Å². The van der Waals surface area contributed by atoms with E-state index >= 15 is 0 Å². The van der Waals surface area contributed by atoms with Crippen LogP contribution in [-0.4, -0.2) is 17.8 Å². The highest BCUT2D eigenvalue weighted by atomic mass is 16.5. The minimum absolute atomic E-state index is 0.237. The monoisotopic (exact) mass is 262 g/mol. The van der Waals surface area contributed by atoms with Crippen molar-refractivity contribution in [2.24, 2.45) is 5.92 Å². The molecule has 1 heterocycles. The molecule has 4 heteroatoms. The van der Waals surface area contributed by atoms with Gasteiger partial charge in [0.05, 0.1) is 6.10 Å². The van der Waals surface area contributed by atoms with Crippen LogP contribution in [0.2, 0.25) is 0 Å². The van der Waals surface area contributed by atoms with E-state index in [1.54, 1.807) is 18.2 Å². The summed E-state index contributed by atoms with van der Waals surface area (Å²) in [6, 6.07) is 8.37.